The molecule has 1 unspecified atom stereocenters. The normalized spacial score (nSPS) is 23.0. The van der Waals surface area contributed by atoms with Gasteiger partial charge in [0.2, 0.25) is 5.43 Å². The van der Waals surface area contributed by atoms with E-state index in [0.717, 1.165) is 25.7 Å². The summed E-state index contributed by atoms with van der Waals surface area (Å²) in [6.07, 6.45) is 4.64. The number of aromatic carboxylic acids is 1. The van der Waals surface area contributed by atoms with Crippen molar-refractivity contribution in [2.75, 3.05) is 18.0 Å². The summed E-state index contributed by atoms with van der Waals surface area (Å²) in [6, 6.07) is -0.216. The van der Waals surface area contributed by atoms with E-state index < -0.39 is 28.6 Å². The number of carbonyl (C=O) groups is 1. The number of carboxylic acid groups (broad SMARTS) is 1. The van der Waals surface area contributed by atoms with Gasteiger partial charge < -0.3 is 20.3 Å². The molecule has 1 atom stereocenters. The quantitative estimate of drug-likeness (QED) is 0.842. The minimum Gasteiger partial charge on any atom is -0.477 e. The number of nitrogens with zero attached hydrogens (tertiary/aromatic N) is 2. The van der Waals surface area contributed by atoms with Crippen molar-refractivity contribution in [2.24, 2.45) is 11.1 Å². The van der Waals surface area contributed by atoms with Gasteiger partial charge in [0.1, 0.15) is 11.3 Å². The molecule has 1 aromatic carbocycles. The molecule has 0 bridgehead atoms. The van der Waals surface area contributed by atoms with Gasteiger partial charge >= 0.3 is 5.97 Å². The number of fused-ring (bicyclic) bond motifs is 1. The van der Waals surface area contributed by atoms with Crippen LogP contribution in [0, 0.1) is 24.0 Å². The average molecular weight is 389 g/mol. The summed E-state index contributed by atoms with van der Waals surface area (Å²) in [5.41, 5.74) is 4.67. The number of aryl methyl sites for hydroxylation is 1. The highest BCUT2D eigenvalue weighted by Gasteiger charge is 2.54. The molecule has 1 aliphatic heterocycles. The van der Waals surface area contributed by atoms with Crippen LogP contribution in [0.2, 0.25) is 0 Å². The molecule has 6 nitrogen and oxygen atoms in total. The SMILES string of the molecule is Cc1c(F)c(N2CC(N)C3(CC3)C2)c(F)c2c1c(=O)c(C(=O)O)cn2C1CC1. The Morgan fingerprint density at radius 1 is 1.29 bits per heavy atom. The monoisotopic (exact) mass is 389 g/mol. The Bertz CT molecular complexity index is 1100. The smallest absolute Gasteiger partial charge is 0.341 e. The maximum absolute atomic E-state index is 15.7. The molecule has 3 aliphatic rings. The summed E-state index contributed by atoms with van der Waals surface area (Å²) in [5, 5.41) is 9.19. The number of carboxylic acids is 1. The third-order valence-electron chi connectivity index (χ3n) is 6.65. The third kappa shape index (κ3) is 2.27. The van der Waals surface area contributed by atoms with Crippen LogP contribution in [0.1, 0.15) is 47.6 Å². The van der Waals surface area contributed by atoms with Gasteiger partial charge in [-0.2, -0.15) is 0 Å². The Balaban J connectivity index is 1.81. The second-order valence-corrected chi connectivity index (χ2v) is 8.49. The van der Waals surface area contributed by atoms with Crippen LogP contribution in [0.4, 0.5) is 14.5 Å². The van der Waals surface area contributed by atoms with Gasteiger partial charge in [0.25, 0.3) is 0 Å². The average Bonchev–Trinajstić information content (AvgIpc) is 3.53. The van der Waals surface area contributed by atoms with E-state index in [1.54, 1.807) is 4.90 Å². The Morgan fingerprint density at radius 3 is 2.50 bits per heavy atom. The van der Waals surface area contributed by atoms with Crippen LogP contribution in [0.25, 0.3) is 10.9 Å². The molecule has 5 rings (SSSR count). The summed E-state index contributed by atoms with van der Waals surface area (Å²) < 4.78 is 32.5. The minimum atomic E-state index is -1.40. The molecule has 0 radical (unpaired) electrons. The minimum absolute atomic E-state index is 0.00304. The molecular formula is C20H21F2N3O3. The van der Waals surface area contributed by atoms with Gasteiger partial charge in [-0.05, 0) is 32.6 Å². The molecule has 2 heterocycles. The van der Waals surface area contributed by atoms with E-state index in [-0.39, 0.29) is 39.7 Å². The zero-order chi connectivity index (χ0) is 20.0. The maximum Gasteiger partial charge on any atom is 0.341 e. The van der Waals surface area contributed by atoms with E-state index >= 15 is 8.78 Å². The van der Waals surface area contributed by atoms with Gasteiger partial charge in [-0.25, -0.2) is 13.6 Å². The van der Waals surface area contributed by atoms with E-state index in [0.29, 0.717) is 13.1 Å². The summed E-state index contributed by atoms with van der Waals surface area (Å²) in [5.74, 6) is -3.01. The lowest BCUT2D eigenvalue weighted by Crippen LogP contribution is -2.31. The second-order valence-electron chi connectivity index (χ2n) is 8.49. The number of benzene rings is 1. The zero-order valence-corrected chi connectivity index (χ0v) is 15.5. The molecule has 8 heteroatoms. The Morgan fingerprint density at radius 2 is 1.96 bits per heavy atom. The van der Waals surface area contributed by atoms with Gasteiger partial charge in [0.15, 0.2) is 11.6 Å². The first-order valence-electron chi connectivity index (χ1n) is 9.55. The summed E-state index contributed by atoms with van der Waals surface area (Å²) in [6.45, 7) is 2.27. The van der Waals surface area contributed by atoms with E-state index in [4.69, 9.17) is 5.73 Å². The van der Waals surface area contributed by atoms with Gasteiger partial charge in [0, 0.05) is 42.3 Å². The fourth-order valence-corrected chi connectivity index (χ4v) is 4.62. The third-order valence-corrected chi connectivity index (χ3v) is 6.65. The number of nitrogens with two attached hydrogens (primary N) is 1. The van der Waals surface area contributed by atoms with Crippen molar-refractivity contribution >= 4 is 22.6 Å². The number of halogens is 2. The van der Waals surface area contributed by atoms with Crippen LogP contribution in [0.3, 0.4) is 0 Å². The summed E-state index contributed by atoms with van der Waals surface area (Å²) in [7, 11) is 0. The van der Waals surface area contributed by atoms with Crippen molar-refractivity contribution in [1.82, 2.24) is 4.57 Å². The number of aromatic nitrogens is 1. The maximum atomic E-state index is 15.7. The molecule has 0 amide bonds. The summed E-state index contributed by atoms with van der Waals surface area (Å²) in [4.78, 5) is 25.9. The highest BCUT2D eigenvalue weighted by molar-refractivity contribution is 5.95. The second kappa shape index (κ2) is 5.53. The van der Waals surface area contributed by atoms with Gasteiger partial charge in [-0.1, -0.05) is 0 Å². The molecule has 1 aromatic heterocycles. The zero-order valence-electron chi connectivity index (χ0n) is 15.5. The Hall–Kier alpha value is -2.48. The molecule has 148 valence electrons. The largest absolute Gasteiger partial charge is 0.477 e. The van der Waals surface area contributed by atoms with Crippen molar-refractivity contribution < 1.29 is 18.7 Å². The van der Waals surface area contributed by atoms with E-state index in [2.05, 4.69) is 0 Å². The van der Waals surface area contributed by atoms with Crippen LogP contribution in [-0.4, -0.2) is 34.8 Å². The molecule has 28 heavy (non-hydrogen) atoms. The number of hydrogen-bond donors (Lipinski definition) is 2. The van der Waals surface area contributed by atoms with Gasteiger partial charge in [-0.15, -0.1) is 0 Å². The molecule has 1 saturated heterocycles. The fourth-order valence-electron chi connectivity index (χ4n) is 4.62. The van der Waals surface area contributed by atoms with Crippen molar-refractivity contribution in [2.45, 2.75) is 44.7 Å². The molecule has 2 aromatic rings. The fraction of sp³-hybridized carbons (Fsp3) is 0.500. The van der Waals surface area contributed by atoms with Gasteiger partial charge in [-0.3, -0.25) is 4.79 Å². The molecule has 3 fully saturated rings. The van der Waals surface area contributed by atoms with Crippen LogP contribution < -0.4 is 16.1 Å². The van der Waals surface area contributed by atoms with Crippen LogP contribution in [0.15, 0.2) is 11.0 Å². The Kier molecular flexibility index (Phi) is 3.48. The predicted octanol–water partition coefficient (Wildman–Crippen LogP) is 2.55. The number of anilines is 1. The van der Waals surface area contributed by atoms with Crippen molar-refractivity contribution in [3.05, 3.63) is 39.2 Å². The summed E-state index contributed by atoms with van der Waals surface area (Å²) >= 11 is 0. The molecular weight excluding hydrogens is 368 g/mol. The van der Waals surface area contributed by atoms with E-state index in [1.807, 2.05) is 0 Å². The lowest BCUT2D eigenvalue weighted by molar-refractivity contribution is 0.0695. The standard InChI is InChI=1S/C20H21F2N3O3/c1-9-13-16(25(10-2-3-10)6-11(18(13)26)19(27)28)15(22)17(14(9)21)24-7-12(23)20(8-24)4-5-20/h6,10,12H,2-5,7-8,23H2,1H3,(H,27,28). The van der Waals surface area contributed by atoms with Crippen molar-refractivity contribution in [1.29, 1.82) is 0 Å². The van der Waals surface area contributed by atoms with Crippen molar-refractivity contribution in [3.63, 3.8) is 0 Å². The molecule has 3 N–H and O–H groups in total. The number of rotatable bonds is 3. The molecule has 2 saturated carbocycles. The van der Waals surface area contributed by atoms with Crippen LogP contribution in [-0.2, 0) is 0 Å². The first-order chi connectivity index (χ1) is 13.2. The predicted molar refractivity (Wildman–Crippen MR) is 99.9 cm³/mol. The lowest BCUT2D eigenvalue weighted by Gasteiger charge is -2.24. The molecule has 1 spiro atoms. The highest BCUT2D eigenvalue weighted by atomic mass is 19.1. The lowest BCUT2D eigenvalue weighted by atomic mass is 10.0. The molecule has 2 aliphatic carbocycles. The first-order valence-corrected chi connectivity index (χ1v) is 9.55. The van der Waals surface area contributed by atoms with Crippen LogP contribution >= 0.6 is 0 Å². The Labute approximate surface area is 159 Å². The van der Waals surface area contributed by atoms with Crippen LogP contribution in [0.5, 0.6) is 0 Å². The number of pyridine rings is 1. The van der Waals surface area contributed by atoms with E-state index in [9.17, 15) is 14.7 Å². The topological polar surface area (TPSA) is 88.6 Å². The van der Waals surface area contributed by atoms with Crippen molar-refractivity contribution in [3.8, 4) is 0 Å². The van der Waals surface area contributed by atoms with E-state index in [1.165, 1.54) is 17.7 Å². The van der Waals surface area contributed by atoms with Gasteiger partial charge in [0.05, 0.1) is 10.9 Å². The first kappa shape index (κ1) is 17.6. The highest BCUT2D eigenvalue weighted by Crippen LogP contribution is 2.53. The number of hydrogen-bond acceptors (Lipinski definition) is 4.